The molecule has 17 heavy (non-hydrogen) atoms. The van der Waals surface area contributed by atoms with Gasteiger partial charge in [0.15, 0.2) is 6.10 Å². The molecule has 0 heterocycles. The molecular weight excluding hydrogens is 240 g/mol. The standard InChI is InChI=1S/C13H17ClO3/c1-4-11(13(15)16-5-2)17-12-7-6-9(3)8-10(12)14/h6-8,11H,4-5H2,1-3H3. The number of benzene rings is 1. The van der Waals surface area contributed by atoms with Crippen LogP contribution in [0.25, 0.3) is 0 Å². The molecule has 0 amide bonds. The monoisotopic (exact) mass is 256 g/mol. The second-order valence-corrected chi connectivity index (χ2v) is 4.11. The molecule has 0 aliphatic carbocycles. The summed E-state index contributed by atoms with van der Waals surface area (Å²) < 4.78 is 10.5. The van der Waals surface area contributed by atoms with Crippen LogP contribution in [0.15, 0.2) is 18.2 Å². The lowest BCUT2D eigenvalue weighted by Crippen LogP contribution is -2.28. The van der Waals surface area contributed by atoms with E-state index in [2.05, 4.69) is 0 Å². The molecule has 4 heteroatoms. The predicted octanol–water partition coefficient (Wildman–Crippen LogP) is 3.37. The zero-order valence-corrected chi connectivity index (χ0v) is 11.1. The van der Waals surface area contributed by atoms with Crippen molar-refractivity contribution in [3.63, 3.8) is 0 Å². The third kappa shape index (κ3) is 3.93. The molecular formula is C13H17ClO3. The molecule has 0 N–H and O–H groups in total. The molecule has 94 valence electrons. The average molecular weight is 257 g/mol. The molecule has 1 atom stereocenters. The number of aryl methyl sites for hydroxylation is 1. The predicted molar refractivity (Wildman–Crippen MR) is 67.5 cm³/mol. The van der Waals surface area contributed by atoms with Crippen LogP contribution in [0, 0.1) is 6.92 Å². The van der Waals surface area contributed by atoms with Crippen molar-refractivity contribution >= 4 is 17.6 Å². The Morgan fingerprint density at radius 2 is 2.12 bits per heavy atom. The van der Waals surface area contributed by atoms with Gasteiger partial charge in [-0.1, -0.05) is 24.6 Å². The first-order valence-electron chi connectivity index (χ1n) is 5.67. The minimum Gasteiger partial charge on any atom is -0.477 e. The molecule has 1 unspecified atom stereocenters. The van der Waals surface area contributed by atoms with E-state index in [9.17, 15) is 4.79 Å². The number of ether oxygens (including phenoxy) is 2. The van der Waals surface area contributed by atoms with Crippen LogP contribution in [0.5, 0.6) is 5.75 Å². The van der Waals surface area contributed by atoms with E-state index in [-0.39, 0.29) is 5.97 Å². The smallest absolute Gasteiger partial charge is 0.347 e. The first-order chi connectivity index (χ1) is 8.08. The number of halogens is 1. The lowest BCUT2D eigenvalue weighted by molar-refractivity contribution is -0.151. The highest BCUT2D eigenvalue weighted by Gasteiger charge is 2.20. The van der Waals surface area contributed by atoms with Crippen LogP contribution in [0.1, 0.15) is 25.8 Å². The van der Waals surface area contributed by atoms with E-state index < -0.39 is 6.10 Å². The topological polar surface area (TPSA) is 35.5 Å². The van der Waals surface area contributed by atoms with Gasteiger partial charge in [-0.2, -0.15) is 0 Å². The normalized spacial score (nSPS) is 12.0. The van der Waals surface area contributed by atoms with Crippen LogP contribution >= 0.6 is 11.6 Å². The summed E-state index contributed by atoms with van der Waals surface area (Å²) in [5.74, 6) is 0.156. The van der Waals surface area contributed by atoms with Crippen LogP contribution in [0.4, 0.5) is 0 Å². The lowest BCUT2D eigenvalue weighted by atomic mass is 10.2. The van der Waals surface area contributed by atoms with Crippen LogP contribution in [0.2, 0.25) is 5.02 Å². The SMILES string of the molecule is CCOC(=O)C(CC)Oc1ccc(C)cc1Cl. The van der Waals surface area contributed by atoms with Gasteiger partial charge in [0.2, 0.25) is 0 Å². The Morgan fingerprint density at radius 1 is 1.41 bits per heavy atom. The van der Waals surface area contributed by atoms with E-state index in [0.717, 1.165) is 5.56 Å². The Morgan fingerprint density at radius 3 is 2.65 bits per heavy atom. The van der Waals surface area contributed by atoms with Crippen molar-refractivity contribution in [2.24, 2.45) is 0 Å². The van der Waals surface area contributed by atoms with Crippen molar-refractivity contribution in [2.75, 3.05) is 6.61 Å². The van der Waals surface area contributed by atoms with Crippen LogP contribution < -0.4 is 4.74 Å². The summed E-state index contributed by atoms with van der Waals surface area (Å²) in [5, 5.41) is 0.507. The van der Waals surface area contributed by atoms with Gasteiger partial charge in [0.05, 0.1) is 11.6 Å². The maximum absolute atomic E-state index is 11.6. The van der Waals surface area contributed by atoms with Crippen molar-refractivity contribution in [3.8, 4) is 5.75 Å². The summed E-state index contributed by atoms with van der Waals surface area (Å²) in [6, 6.07) is 5.45. The van der Waals surface area contributed by atoms with E-state index in [1.165, 1.54) is 0 Å². The zero-order valence-electron chi connectivity index (χ0n) is 10.3. The second kappa shape index (κ2) is 6.50. The largest absolute Gasteiger partial charge is 0.477 e. The van der Waals surface area contributed by atoms with Gasteiger partial charge in [-0.05, 0) is 38.0 Å². The Bertz CT molecular complexity index is 390. The van der Waals surface area contributed by atoms with Gasteiger partial charge in [-0.15, -0.1) is 0 Å². The van der Waals surface area contributed by atoms with E-state index in [4.69, 9.17) is 21.1 Å². The summed E-state index contributed by atoms with van der Waals surface area (Å²) in [5.41, 5.74) is 1.05. The summed E-state index contributed by atoms with van der Waals surface area (Å²) >= 11 is 6.04. The molecule has 0 bridgehead atoms. The Balaban J connectivity index is 2.77. The number of hydrogen-bond donors (Lipinski definition) is 0. The maximum atomic E-state index is 11.6. The molecule has 0 radical (unpaired) electrons. The molecule has 1 aromatic carbocycles. The van der Waals surface area contributed by atoms with Gasteiger partial charge in [0.1, 0.15) is 5.75 Å². The van der Waals surface area contributed by atoms with Gasteiger partial charge in [-0.25, -0.2) is 4.79 Å². The minimum absolute atomic E-state index is 0.348. The Kier molecular flexibility index (Phi) is 5.29. The minimum atomic E-state index is -0.602. The summed E-state index contributed by atoms with van der Waals surface area (Å²) in [4.78, 5) is 11.6. The number of carbonyl (C=O) groups is 1. The van der Waals surface area contributed by atoms with Crippen LogP contribution in [0.3, 0.4) is 0 Å². The Hall–Kier alpha value is -1.22. The molecule has 0 saturated carbocycles. The van der Waals surface area contributed by atoms with Crippen molar-refractivity contribution in [1.29, 1.82) is 0 Å². The Labute approximate surface area is 107 Å². The third-order valence-electron chi connectivity index (χ3n) is 2.28. The van der Waals surface area contributed by atoms with E-state index in [1.54, 1.807) is 19.1 Å². The molecule has 0 fully saturated rings. The highest BCUT2D eigenvalue weighted by Crippen LogP contribution is 2.26. The van der Waals surface area contributed by atoms with Crippen LogP contribution in [-0.4, -0.2) is 18.7 Å². The van der Waals surface area contributed by atoms with Gasteiger partial charge in [0.25, 0.3) is 0 Å². The fourth-order valence-electron chi connectivity index (χ4n) is 1.39. The van der Waals surface area contributed by atoms with Crippen molar-refractivity contribution in [3.05, 3.63) is 28.8 Å². The van der Waals surface area contributed by atoms with Crippen LogP contribution in [-0.2, 0) is 9.53 Å². The van der Waals surface area contributed by atoms with E-state index in [0.29, 0.717) is 23.8 Å². The highest BCUT2D eigenvalue weighted by atomic mass is 35.5. The molecule has 0 saturated heterocycles. The third-order valence-corrected chi connectivity index (χ3v) is 2.57. The first-order valence-corrected chi connectivity index (χ1v) is 6.05. The van der Waals surface area contributed by atoms with E-state index in [1.807, 2.05) is 19.9 Å². The summed E-state index contributed by atoms with van der Waals surface area (Å²) in [6.07, 6.45) is -0.0570. The van der Waals surface area contributed by atoms with Crippen molar-refractivity contribution in [2.45, 2.75) is 33.3 Å². The zero-order chi connectivity index (χ0) is 12.8. The molecule has 0 aliphatic rings. The van der Waals surface area contributed by atoms with Gasteiger partial charge >= 0.3 is 5.97 Å². The van der Waals surface area contributed by atoms with Gasteiger partial charge in [0, 0.05) is 0 Å². The number of rotatable bonds is 5. The summed E-state index contributed by atoms with van der Waals surface area (Å²) in [7, 11) is 0. The van der Waals surface area contributed by atoms with Crippen molar-refractivity contribution < 1.29 is 14.3 Å². The first kappa shape index (κ1) is 13.8. The van der Waals surface area contributed by atoms with Gasteiger partial charge < -0.3 is 9.47 Å². The van der Waals surface area contributed by atoms with Crippen molar-refractivity contribution in [1.82, 2.24) is 0 Å². The fourth-order valence-corrected chi connectivity index (χ4v) is 1.67. The molecule has 0 spiro atoms. The quantitative estimate of drug-likeness (QED) is 0.758. The molecule has 0 aliphatic heterocycles. The van der Waals surface area contributed by atoms with E-state index >= 15 is 0 Å². The number of esters is 1. The number of hydrogen-bond acceptors (Lipinski definition) is 3. The highest BCUT2D eigenvalue weighted by molar-refractivity contribution is 6.32. The average Bonchev–Trinajstić information content (AvgIpc) is 2.28. The molecule has 0 aromatic heterocycles. The molecule has 3 nitrogen and oxygen atoms in total. The summed E-state index contributed by atoms with van der Waals surface area (Å²) in [6.45, 7) is 5.92. The fraction of sp³-hybridized carbons (Fsp3) is 0.462. The number of carbonyl (C=O) groups excluding carboxylic acids is 1. The van der Waals surface area contributed by atoms with Gasteiger partial charge in [-0.3, -0.25) is 0 Å². The molecule has 1 rings (SSSR count). The lowest BCUT2D eigenvalue weighted by Gasteiger charge is -2.17. The maximum Gasteiger partial charge on any atom is 0.347 e. The second-order valence-electron chi connectivity index (χ2n) is 3.70. The molecule has 1 aromatic rings.